The third-order valence-electron chi connectivity index (χ3n) is 2.80. The Hall–Kier alpha value is -1.37. The minimum Gasteiger partial charge on any atom is -0.450 e. The maximum atomic E-state index is 11.9. The first-order valence-electron chi connectivity index (χ1n) is 6.16. The van der Waals surface area contributed by atoms with Crippen LogP contribution in [0.2, 0.25) is 0 Å². The second-order valence-electron chi connectivity index (χ2n) is 4.59. The number of aryl methyl sites for hydroxylation is 1. The largest absolute Gasteiger partial charge is 0.450 e. The van der Waals surface area contributed by atoms with E-state index in [1.54, 1.807) is 6.07 Å². The zero-order chi connectivity index (χ0) is 14.7. The molecule has 0 bridgehead atoms. The van der Waals surface area contributed by atoms with E-state index in [1.807, 2.05) is 19.1 Å². The second-order valence-corrected chi connectivity index (χ2v) is 5.45. The van der Waals surface area contributed by atoms with Crippen LogP contribution in [-0.4, -0.2) is 37.4 Å². The van der Waals surface area contributed by atoms with Gasteiger partial charge in [0.2, 0.25) is 0 Å². The number of hydrogen-bond acceptors (Lipinski definition) is 4. The third-order valence-corrected chi connectivity index (χ3v) is 3.39. The number of nitrogens with one attached hydrogen (secondary N) is 1. The Labute approximate surface area is 125 Å². The first-order chi connectivity index (χ1) is 9.51. The van der Waals surface area contributed by atoms with E-state index >= 15 is 0 Å². The van der Waals surface area contributed by atoms with Gasteiger partial charge in [0.05, 0.1) is 17.2 Å². The van der Waals surface area contributed by atoms with E-state index in [2.05, 4.69) is 21.2 Å². The van der Waals surface area contributed by atoms with Gasteiger partial charge in [-0.1, -0.05) is 0 Å². The molecule has 0 aliphatic carbocycles. The van der Waals surface area contributed by atoms with Crippen LogP contribution >= 0.6 is 15.9 Å². The number of rotatable bonds is 5. The normalized spacial score (nSPS) is 12.6. The third kappa shape index (κ3) is 3.39. The fraction of sp³-hybridized carbons (Fsp3) is 0.357. The number of ether oxygens (including phenoxy) is 1. The SMILES string of the molecule is COC[C@@H](O)CNC(=O)c1cc2cc(C)cc(Br)c2o1. The van der Waals surface area contributed by atoms with Gasteiger partial charge in [-0.2, -0.15) is 0 Å². The first kappa shape index (κ1) is 15.0. The van der Waals surface area contributed by atoms with E-state index < -0.39 is 6.10 Å². The molecule has 2 aromatic rings. The van der Waals surface area contributed by atoms with E-state index in [-0.39, 0.29) is 24.8 Å². The summed E-state index contributed by atoms with van der Waals surface area (Å²) in [6.07, 6.45) is -0.734. The summed E-state index contributed by atoms with van der Waals surface area (Å²) in [4.78, 5) is 11.9. The molecular formula is C14H16BrNO4. The molecule has 0 aliphatic heterocycles. The van der Waals surface area contributed by atoms with E-state index in [1.165, 1.54) is 7.11 Å². The topological polar surface area (TPSA) is 71.7 Å². The monoisotopic (exact) mass is 341 g/mol. The summed E-state index contributed by atoms with van der Waals surface area (Å²) in [7, 11) is 1.49. The van der Waals surface area contributed by atoms with Crippen LogP contribution in [-0.2, 0) is 4.74 Å². The maximum absolute atomic E-state index is 11.9. The molecule has 0 aliphatic rings. The Morgan fingerprint density at radius 3 is 2.95 bits per heavy atom. The van der Waals surface area contributed by atoms with Gasteiger partial charge in [-0.3, -0.25) is 4.79 Å². The Bertz CT molecular complexity index is 623. The highest BCUT2D eigenvalue weighted by atomic mass is 79.9. The lowest BCUT2D eigenvalue weighted by atomic mass is 10.2. The number of aliphatic hydroxyl groups excluding tert-OH is 1. The summed E-state index contributed by atoms with van der Waals surface area (Å²) in [6.45, 7) is 2.26. The molecule has 0 unspecified atom stereocenters. The highest BCUT2D eigenvalue weighted by Gasteiger charge is 2.15. The average molecular weight is 342 g/mol. The molecule has 6 heteroatoms. The van der Waals surface area contributed by atoms with Crippen LogP contribution in [0.5, 0.6) is 0 Å². The Morgan fingerprint density at radius 1 is 1.50 bits per heavy atom. The predicted octanol–water partition coefficient (Wildman–Crippen LogP) is 2.24. The van der Waals surface area contributed by atoms with Crippen molar-refractivity contribution in [2.45, 2.75) is 13.0 Å². The lowest BCUT2D eigenvalue weighted by Crippen LogP contribution is -2.34. The molecule has 0 saturated heterocycles. The van der Waals surface area contributed by atoms with E-state index in [9.17, 15) is 9.90 Å². The number of carbonyl (C=O) groups is 1. The van der Waals surface area contributed by atoms with Crippen LogP contribution in [0.3, 0.4) is 0 Å². The number of aliphatic hydroxyl groups is 1. The van der Waals surface area contributed by atoms with Gasteiger partial charge in [-0.25, -0.2) is 0 Å². The Morgan fingerprint density at radius 2 is 2.25 bits per heavy atom. The van der Waals surface area contributed by atoms with Crippen molar-refractivity contribution in [1.29, 1.82) is 0 Å². The summed E-state index contributed by atoms with van der Waals surface area (Å²) in [5.74, 6) is -0.142. The zero-order valence-electron chi connectivity index (χ0n) is 11.3. The number of halogens is 1. The van der Waals surface area contributed by atoms with E-state index in [4.69, 9.17) is 9.15 Å². The molecule has 0 fully saturated rings. The molecule has 0 saturated carbocycles. The van der Waals surface area contributed by atoms with Crippen molar-refractivity contribution in [1.82, 2.24) is 5.32 Å². The Kier molecular flexibility index (Phi) is 4.80. The number of methoxy groups -OCH3 is 1. The number of furan rings is 1. The van der Waals surface area contributed by atoms with Gasteiger partial charge in [0.1, 0.15) is 5.58 Å². The number of hydrogen-bond donors (Lipinski definition) is 2. The van der Waals surface area contributed by atoms with Gasteiger partial charge in [0.25, 0.3) is 5.91 Å². The fourth-order valence-corrected chi connectivity index (χ4v) is 2.58. The lowest BCUT2D eigenvalue weighted by molar-refractivity contribution is 0.0603. The molecule has 1 aromatic heterocycles. The number of carbonyl (C=O) groups excluding carboxylic acids is 1. The highest BCUT2D eigenvalue weighted by Crippen LogP contribution is 2.28. The standard InChI is InChI=1S/C14H16BrNO4/c1-8-3-9-5-12(20-13(9)11(15)4-8)14(18)16-6-10(17)7-19-2/h3-5,10,17H,6-7H2,1-2H3,(H,16,18)/t10-/m0/s1. The van der Waals surface area contributed by atoms with Gasteiger partial charge >= 0.3 is 0 Å². The van der Waals surface area contributed by atoms with Crippen molar-refractivity contribution in [2.75, 3.05) is 20.3 Å². The van der Waals surface area contributed by atoms with Crippen LogP contribution < -0.4 is 5.32 Å². The molecule has 1 aromatic carbocycles. The maximum Gasteiger partial charge on any atom is 0.287 e. The zero-order valence-corrected chi connectivity index (χ0v) is 12.9. The van der Waals surface area contributed by atoms with Gasteiger partial charge in [-0.05, 0) is 46.6 Å². The molecule has 2 N–H and O–H groups in total. The van der Waals surface area contributed by atoms with Crippen molar-refractivity contribution in [3.8, 4) is 0 Å². The van der Waals surface area contributed by atoms with Crippen LogP contribution in [0.4, 0.5) is 0 Å². The molecule has 20 heavy (non-hydrogen) atoms. The summed E-state index contributed by atoms with van der Waals surface area (Å²) >= 11 is 3.41. The first-order valence-corrected chi connectivity index (χ1v) is 6.95. The highest BCUT2D eigenvalue weighted by molar-refractivity contribution is 9.10. The van der Waals surface area contributed by atoms with E-state index in [0.717, 1.165) is 15.4 Å². The van der Waals surface area contributed by atoms with Gasteiger partial charge < -0.3 is 19.6 Å². The molecular weight excluding hydrogens is 326 g/mol. The quantitative estimate of drug-likeness (QED) is 0.874. The number of benzene rings is 1. The van der Waals surface area contributed by atoms with Crippen molar-refractivity contribution in [2.24, 2.45) is 0 Å². The summed E-state index contributed by atoms with van der Waals surface area (Å²) in [5, 5.41) is 12.9. The number of fused-ring (bicyclic) bond motifs is 1. The molecule has 0 radical (unpaired) electrons. The number of amides is 1. The molecule has 1 amide bonds. The van der Waals surface area contributed by atoms with Crippen LogP contribution in [0.1, 0.15) is 16.1 Å². The van der Waals surface area contributed by atoms with Crippen LogP contribution in [0.25, 0.3) is 11.0 Å². The average Bonchev–Trinajstić information content (AvgIpc) is 2.80. The second kappa shape index (κ2) is 6.39. The van der Waals surface area contributed by atoms with Crippen LogP contribution in [0, 0.1) is 6.92 Å². The molecule has 1 heterocycles. The minimum absolute atomic E-state index is 0.115. The van der Waals surface area contributed by atoms with Gasteiger partial charge in [0.15, 0.2) is 5.76 Å². The molecule has 108 valence electrons. The molecule has 0 spiro atoms. The molecule has 2 rings (SSSR count). The van der Waals surface area contributed by atoms with E-state index in [0.29, 0.717) is 5.58 Å². The summed E-state index contributed by atoms with van der Waals surface area (Å²) < 4.78 is 11.1. The molecule has 5 nitrogen and oxygen atoms in total. The summed E-state index contributed by atoms with van der Waals surface area (Å²) in [5.41, 5.74) is 1.71. The predicted molar refractivity (Wildman–Crippen MR) is 78.9 cm³/mol. The van der Waals surface area contributed by atoms with Crippen molar-refractivity contribution < 1.29 is 19.1 Å². The van der Waals surface area contributed by atoms with Crippen molar-refractivity contribution in [3.05, 3.63) is 34.0 Å². The smallest absolute Gasteiger partial charge is 0.287 e. The van der Waals surface area contributed by atoms with Crippen molar-refractivity contribution in [3.63, 3.8) is 0 Å². The lowest BCUT2D eigenvalue weighted by Gasteiger charge is -2.09. The minimum atomic E-state index is -0.734. The van der Waals surface area contributed by atoms with Crippen molar-refractivity contribution >= 4 is 32.8 Å². The van der Waals surface area contributed by atoms with Crippen LogP contribution in [0.15, 0.2) is 27.1 Å². The van der Waals surface area contributed by atoms with Gasteiger partial charge in [0, 0.05) is 19.0 Å². The Balaban J connectivity index is 2.13. The van der Waals surface area contributed by atoms with Gasteiger partial charge in [-0.15, -0.1) is 0 Å². The fourth-order valence-electron chi connectivity index (χ4n) is 1.91. The summed E-state index contributed by atoms with van der Waals surface area (Å²) in [6, 6.07) is 5.56. The molecule has 1 atom stereocenters.